The van der Waals surface area contributed by atoms with Crippen LogP contribution in [0.4, 0.5) is 0 Å². The van der Waals surface area contributed by atoms with Gasteiger partial charge in [-0.15, -0.1) is 0 Å². The smallest absolute Gasteiger partial charge is 0.136 e. The quantitative estimate of drug-likeness (QED) is 0.211. The zero-order valence-electron chi connectivity index (χ0n) is 23.2. The molecule has 0 unspecified atom stereocenters. The molecular formula is C40H24N2O. The van der Waals surface area contributed by atoms with Crippen LogP contribution in [0.5, 0.6) is 0 Å². The van der Waals surface area contributed by atoms with Gasteiger partial charge in [0.25, 0.3) is 0 Å². The molecule has 0 aliphatic rings. The van der Waals surface area contributed by atoms with Crippen LogP contribution < -0.4 is 0 Å². The Balaban J connectivity index is 1.48. The van der Waals surface area contributed by atoms with Crippen molar-refractivity contribution in [2.24, 2.45) is 0 Å². The number of rotatable bonds is 2. The molecular weight excluding hydrogens is 524 g/mol. The number of fused-ring (bicyclic) bond motifs is 12. The molecule has 0 spiro atoms. The van der Waals surface area contributed by atoms with Crippen LogP contribution in [-0.4, -0.2) is 9.13 Å². The van der Waals surface area contributed by atoms with E-state index in [1.165, 1.54) is 59.8 Å². The molecule has 200 valence electrons. The largest absolute Gasteiger partial charge is 0.456 e. The average molecular weight is 549 g/mol. The number of hydrogen-bond acceptors (Lipinski definition) is 1. The Morgan fingerprint density at radius 2 is 0.977 bits per heavy atom. The van der Waals surface area contributed by atoms with Gasteiger partial charge in [-0.1, -0.05) is 84.9 Å². The molecule has 3 heterocycles. The molecule has 0 aliphatic heterocycles. The van der Waals surface area contributed by atoms with E-state index in [-0.39, 0.29) is 0 Å². The lowest BCUT2D eigenvalue weighted by Crippen LogP contribution is -1.95. The fourth-order valence-corrected chi connectivity index (χ4v) is 7.31. The molecule has 0 atom stereocenters. The predicted molar refractivity (Wildman–Crippen MR) is 180 cm³/mol. The monoisotopic (exact) mass is 548 g/mol. The number of furan rings is 1. The maximum Gasteiger partial charge on any atom is 0.136 e. The Hall–Kier alpha value is -5.80. The molecule has 10 rings (SSSR count). The minimum atomic E-state index is 0.919. The molecule has 0 bridgehead atoms. The van der Waals surface area contributed by atoms with Gasteiger partial charge in [-0.3, -0.25) is 0 Å². The molecule has 0 N–H and O–H groups in total. The fraction of sp³-hybridized carbons (Fsp3) is 0. The number of benzene rings is 7. The van der Waals surface area contributed by atoms with E-state index in [0.717, 1.165) is 27.9 Å². The van der Waals surface area contributed by atoms with Crippen molar-refractivity contribution in [1.29, 1.82) is 0 Å². The van der Waals surface area contributed by atoms with Gasteiger partial charge in [0.15, 0.2) is 0 Å². The summed E-state index contributed by atoms with van der Waals surface area (Å²) in [4.78, 5) is 0. The molecule has 3 aromatic heterocycles. The summed E-state index contributed by atoms with van der Waals surface area (Å²) in [6, 6.07) is 52.2. The van der Waals surface area contributed by atoms with Crippen molar-refractivity contribution in [2.45, 2.75) is 0 Å². The summed E-state index contributed by atoms with van der Waals surface area (Å²) in [6.45, 7) is 0. The highest BCUT2D eigenvalue weighted by atomic mass is 16.3. The van der Waals surface area contributed by atoms with Crippen LogP contribution in [0.25, 0.3) is 87.7 Å². The van der Waals surface area contributed by atoms with Crippen LogP contribution >= 0.6 is 0 Å². The highest BCUT2D eigenvalue weighted by Gasteiger charge is 2.21. The predicted octanol–water partition coefficient (Wildman–Crippen LogP) is 10.9. The number of para-hydroxylation sites is 4. The lowest BCUT2D eigenvalue weighted by atomic mass is 9.98. The molecule has 0 saturated carbocycles. The number of nitrogens with zero attached hydrogens (tertiary/aromatic N) is 2. The molecule has 0 amide bonds. The molecule has 3 heteroatoms. The molecule has 0 aliphatic carbocycles. The third-order valence-electron chi connectivity index (χ3n) is 9.07. The second kappa shape index (κ2) is 8.37. The van der Waals surface area contributed by atoms with E-state index in [1.54, 1.807) is 0 Å². The highest BCUT2D eigenvalue weighted by molar-refractivity contribution is 6.33. The summed E-state index contributed by atoms with van der Waals surface area (Å²) < 4.78 is 11.2. The zero-order valence-corrected chi connectivity index (χ0v) is 23.2. The first-order chi connectivity index (χ1) is 21.3. The van der Waals surface area contributed by atoms with E-state index in [9.17, 15) is 0 Å². The van der Waals surface area contributed by atoms with E-state index in [0.29, 0.717) is 0 Å². The average Bonchev–Trinajstić information content (AvgIpc) is 3.72. The first kappa shape index (κ1) is 22.8. The summed E-state index contributed by atoms with van der Waals surface area (Å²) in [6.07, 6.45) is 0. The Labute approximate surface area is 246 Å². The van der Waals surface area contributed by atoms with Crippen molar-refractivity contribution in [3.63, 3.8) is 0 Å². The van der Waals surface area contributed by atoms with Crippen molar-refractivity contribution in [1.82, 2.24) is 9.13 Å². The van der Waals surface area contributed by atoms with Crippen molar-refractivity contribution in [2.75, 3.05) is 0 Å². The van der Waals surface area contributed by atoms with Crippen molar-refractivity contribution in [3.05, 3.63) is 146 Å². The van der Waals surface area contributed by atoms with Gasteiger partial charge in [0.2, 0.25) is 0 Å². The topological polar surface area (TPSA) is 23.0 Å². The first-order valence-electron chi connectivity index (χ1n) is 14.7. The summed E-state index contributed by atoms with van der Waals surface area (Å²) in [5.74, 6) is 0. The summed E-state index contributed by atoms with van der Waals surface area (Å²) in [7, 11) is 0. The minimum absolute atomic E-state index is 0.919. The third kappa shape index (κ3) is 3.03. The van der Waals surface area contributed by atoms with Gasteiger partial charge in [0.1, 0.15) is 11.2 Å². The van der Waals surface area contributed by atoms with Gasteiger partial charge in [0.05, 0.1) is 22.1 Å². The fourth-order valence-electron chi connectivity index (χ4n) is 7.31. The molecule has 43 heavy (non-hydrogen) atoms. The van der Waals surface area contributed by atoms with Crippen molar-refractivity contribution < 1.29 is 4.42 Å². The second-order valence-electron chi connectivity index (χ2n) is 11.3. The SMILES string of the molecule is c1ccc(-n2c3ccccc3c3cc4c5c6c(ccc7oc8ccccc8c76)ccc5n(-c5ccccc5)c4cc32)cc1. The summed E-state index contributed by atoms with van der Waals surface area (Å²) in [5, 5.41) is 9.78. The molecule has 0 fully saturated rings. The van der Waals surface area contributed by atoms with Gasteiger partial charge < -0.3 is 13.6 Å². The molecule has 10 aromatic rings. The molecule has 3 nitrogen and oxygen atoms in total. The highest BCUT2D eigenvalue weighted by Crippen LogP contribution is 2.45. The molecule has 0 saturated heterocycles. The van der Waals surface area contributed by atoms with Crippen LogP contribution in [0.1, 0.15) is 0 Å². The van der Waals surface area contributed by atoms with E-state index < -0.39 is 0 Å². The lowest BCUT2D eigenvalue weighted by molar-refractivity contribution is 0.669. The van der Waals surface area contributed by atoms with Crippen molar-refractivity contribution >= 4 is 76.3 Å². The Morgan fingerprint density at radius 3 is 1.77 bits per heavy atom. The number of aromatic nitrogens is 2. The standard InChI is InChI=1S/C40H24N2O/c1-3-11-26(12-4-1)41-32-17-9-7-15-28(32)30-23-31-35(24-34(30)41)42(27-13-5-2-6-14-27)33-21-19-25-20-22-37-40(38(25)39(31)33)29-16-8-10-18-36(29)43-37/h1-24H. The maximum atomic E-state index is 6.38. The lowest BCUT2D eigenvalue weighted by Gasteiger charge is -2.10. The zero-order chi connectivity index (χ0) is 28.1. The van der Waals surface area contributed by atoms with Crippen LogP contribution in [0.2, 0.25) is 0 Å². The van der Waals surface area contributed by atoms with Gasteiger partial charge in [0, 0.05) is 49.1 Å². The van der Waals surface area contributed by atoms with E-state index in [2.05, 4.69) is 149 Å². The molecule has 0 radical (unpaired) electrons. The normalized spacial score (nSPS) is 12.2. The van der Waals surface area contributed by atoms with Crippen LogP contribution in [-0.2, 0) is 0 Å². The molecule has 7 aromatic carbocycles. The summed E-state index contributed by atoms with van der Waals surface area (Å²) in [5.41, 5.74) is 8.93. The summed E-state index contributed by atoms with van der Waals surface area (Å²) >= 11 is 0. The van der Waals surface area contributed by atoms with E-state index in [1.807, 2.05) is 6.07 Å². The Bertz CT molecular complexity index is 2710. The minimum Gasteiger partial charge on any atom is -0.456 e. The van der Waals surface area contributed by atoms with Gasteiger partial charge in [-0.25, -0.2) is 0 Å². The van der Waals surface area contributed by atoms with Gasteiger partial charge in [-0.05, 0) is 66.0 Å². The van der Waals surface area contributed by atoms with Gasteiger partial charge >= 0.3 is 0 Å². The van der Waals surface area contributed by atoms with Crippen molar-refractivity contribution in [3.8, 4) is 11.4 Å². The van der Waals surface area contributed by atoms with E-state index >= 15 is 0 Å². The first-order valence-corrected chi connectivity index (χ1v) is 14.7. The number of hydrogen-bond donors (Lipinski definition) is 0. The van der Waals surface area contributed by atoms with Gasteiger partial charge in [-0.2, -0.15) is 0 Å². The third-order valence-corrected chi connectivity index (χ3v) is 9.07. The van der Waals surface area contributed by atoms with Crippen LogP contribution in [0.15, 0.2) is 150 Å². The van der Waals surface area contributed by atoms with Crippen LogP contribution in [0, 0.1) is 0 Å². The second-order valence-corrected chi connectivity index (χ2v) is 11.3. The van der Waals surface area contributed by atoms with Crippen LogP contribution in [0.3, 0.4) is 0 Å². The Kier molecular flexibility index (Phi) is 4.45. The maximum absolute atomic E-state index is 6.38. The van der Waals surface area contributed by atoms with E-state index in [4.69, 9.17) is 4.42 Å². The Morgan fingerprint density at radius 1 is 0.349 bits per heavy atom.